The quantitative estimate of drug-likeness (QED) is 0.458. The van der Waals surface area contributed by atoms with Gasteiger partial charge in [0.1, 0.15) is 0 Å². The minimum atomic E-state index is -0.341. The molecule has 0 atom stereocenters. The molecule has 1 N–H and O–H groups in total. The van der Waals surface area contributed by atoms with Crippen molar-refractivity contribution in [1.82, 2.24) is 9.97 Å². The molecule has 0 aliphatic carbocycles. The molecule has 0 saturated carbocycles. The Balaban J connectivity index is 2.31. The van der Waals surface area contributed by atoms with E-state index in [4.69, 9.17) is 4.74 Å². The second kappa shape index (κ2) is 5.49. The van der Waals surface area contributed by atoms with Gasteiger partial charge in [-0.15, -0.1) is 0 Å². The minimum absolute atomic E-state index is 0.341. The smallest absolute Gasteiger partial charge is 0.334 e. The van der Waals surface area contributed by atoms with Crippen molar-refractivity contribution in [3.63, 3.8) is 0 Å². The molecule has 0 radical (unpaired) electrons. The van der Waals surface area contributed by atoms with Crippen molar-refractivity contribution >= 4 is 17.7 Å². The Bertz CT molecular complexity index is 309. The molecule has 0 aromatic carbocycles. The highest BCUT2D eigenvalue weighted by Gasteiger charge is 2.08. The predicted octanol–water partition coefficient (Wildman–Crippen LogP) is 1.62. The highest BCUT2D eigenvalue weighted by molar-refractivity contribution is 7.99. The summed E-state index contributed by atoms with van der Waals surface area (Å²) >= 11 is 1.42. The summed E-state index contributed by atoms with van der Waals surface area (Å²) in [6, 6.07) is 0. The van der Waals surface area contributed by atoms with Crippen molar-refractivity contribution in [2.24, 2.45) is 0 Å². The van der Waals surface area contributed by atoms with Gasteiger partial charge in [-0.25, -0.2) is 9.78 Å². The fraction of sp³-hybridized carbons (Fsp3) is 0.333. The third-order valence-corrected chi connectivity index (χ3v) is 2.41. The van der Waals surface area contributed by atoms with Gasteiger partial charge in [0, 0.05) is 23.7 Å². The van der Waals surface area contributed by atoms with Gasteiger partial charge >= 0.3 is 5.97 Å². The second-order valence-corrected chi connectivity index (χ2v) is 3.47. The number of esters is 1. The summed E-state index contributed by atoms with van der Waals surface area (Å²) in [6.07, 6.45) is 3.39. The van der Waals surface area contributed by atoms with Crippen LogP contribution in [0, 0.1) is 0 Å². The monoisotopic (exact) mass is 212 g/mol. The first-order valence-corrected chi connectivity index (χ1v) is 5.19. The van der Waals surface area contributed by atoms with Crippen LogP contribution < -0.4 is 0 Å². The number of nitrogens with zero attached hydrogens (tertiary/aromatic N) is 1. The molecule has 14 heavy (non-hydrogen) atoms. The number of thioether (sulfide) groups is 1. The molecule has 1 heterocycles. The first-order chi connectivity index (χ1) is 6.74. The minimum Gasteiger partial charge on any atom is -0.463 e. The van der Waals surface area contributed by atoms with E-state index in [1.54, 1.807) is 19.3 Å². The number of H-pyrrole nitrogens is 1. The summed E-state index contributed by atoms with van der Waals surface area (Å²) < 4.78 is 4.79. The highest BCUT2D eigenvalue weighted by atomic mass is 32.2. The van der Waals surface area contributed by atoms with Gasteiger partial charge in [-0.2, -0.15) is 0 Å². The number of aromatic nitrogens is 2. The van der Waals surface area contributed by atoms with E-state index in [1.165, 1.54) is 11.8 Å². The van der Waals surface area contributed by atoms with E-state index in [2.05, 4.69) is 16.5 Å². The Kier molecular flexibility index (Phi) is 4.25. The lowest BCUT2D eigenvalue weighted by molar-refractivity contribution is -0.138. The van der Waals surface area contributed by atoms with Gasteiger partial charge in [0.05, 0.1) is 6.61 Å². The van der Waals surface area contributed by atoms with Crippen LogP contribution in [-0.4, -0.2) is 28.3 Å². The van der Waals surface area contributed by atoms with Crippen LogP contribution in [0.15, 0.2) is 29.7 Å². The Morgan fingerprint density at radius 3 is 3.14 bits per heavy atom. The first-order valence-electron chi connectivity index (χ1n) is 4.21. The number of carbonyl (C=O) groups excluding carboxylic acids is 1. The van der Waals surface area contributed by atoms with Gasteiger partial charge in [-0.1, -0.05) is 18.3 Å². The Hall–Kier alpha value is -1.23. The lowest BCUT2D eigenvalue weighted by Gasteiger charge is -2.02. The van der Waals surface area contributed by atoms with E-state index in [-0.39, 0.29) is 5.97 Å². The van der Waals surface area contributed by atoms with Crippen molar-refractivity contribution in [2.75, 3.05) is 12.4 Å². The molecule has 0 fully saturated rings. The van der Waals surface area contributed by atoms with E-state index in [1.807, 2.05) is 0 Å². The fourth-order valence-corrected chi connectivity index (χ4v) is 1.49. The number of ether oxygens (including phenoxy) is 1. The number of aromatic amines is 1. The summed E-state index contributed by atoms with van der Waals surface area (Å²) in [4.78, 5) is 18.1. The molecule has 0 aliphatic heterocycles. The van der Waals surface area contributed by atoms with Crippen molar-refractivity contribution in [1.29, 1.82) is 0 Å². The van der Waals surface area contributed by atoms with Crippen LogP contribution >= 0.6 is 11.8 Å². The average molecular weight is 212 g/mol. The van der Waals surface area contributed by atoms with Crippen molar-refractivity contribution < 1.29 is 9.53 Å². The van der Waals surface area contributed by atoms with E-state index >= 15 is 0 Å². The average Bonchev–Trinajstić information content (AvgIpc) is 2.67. The van der Waals surface area contributed by atoms with Gasteiger partial charge < -0.3 is 9.72 Å². The van der Waals surface area contributed by atoms with Gasteiger partial charge in [0.25, 0.3) is 0 Å². The maximum atomic E-state index is 11.1. The molecule has 0 spiro atoms. The normalized spacial score (nSPS) is 9.79. The standard InChI is InChI=1S/C9H12N2O2S/c1-3-13-8(12)7(2)6-14-9-10-4-5-11-9/h4-5H,2-3,6H2,1H3,(H,10,11). The molecule has 5 heteroatoms. The second-order valence-electron chi connectivity index (χ2n) is 2.51. The van der Waals surface area contributed by atoms with Gasteiger partial charge in [0.2, 0.25) is 0 Å². The van der Waals surface area contributed by atoms with E-state index in [9.17, 15) is 4.79 Å². The van der Waals surface area contributed by atoms with Crippen LogP contribution in [-0.2, 0) is 9.53 Å². The molecule has 1 rings (SSSR count). The molecule has 0 amide bonds. The van der Waals surface area contributed by atoms with E-state index < -0.39 is 0 Å². The molecule has 76 valence electrons. The molecule has 0 saturated heterocycles. The SMILES string of the molecule is C=C(CSc1ncc[nH]1)C(=O)OCC. The van der Waals surface area contributed by atoms with E-state index in [0.717, 1.165) is 5.16 Å². The maximum Gasteiger partial charge on any atom is 0.334 e. The first kappa shape index (κ1) is 10.8. The predicted molar refractivity (Wildman–Crippen MR) is 55.1 cm³/mol. The Labute approximate surface area is 86.8 Å². The van der Waals surface area contributed by atoms with E-state index in [0.29, 0.717) is 17.9 Å². The highest BCUT2D eigenvalue weighted by Crippen LogP contribution is 2.15. The zero-order chi connectivity index (χ0) is 10.4. The van der Waals surface area contributed by atoms with Crippen molar-refractivity contribution in [3.8, 4) is 0 Å². The fourth-order valence-electron chi connectivity index (χ4n) is 0.777. The Morgan fingerprint density at radius 2 is 2.57 bits per heavy atom. The third-order valence-electron chi connectivity index (χ3n) is 1.42. The number of imidazole rings is 1. The molecule has 4 nitrogen and oxygen atoms in total. The zero-order valence-electron chi connectivity index (χ0n) is 7.95. The third kappa shape index (κ3) is 3.26. The van der Waals surface area contributed by atoms with Crippen LogP contribution in [0.1, 0.15) is 6.92 Å². The summed E-state index contributed by atoms with van der Waals surface area (Å²) in [5.74, 6) is 0.151. The van der Waals surface area contributed by atoms with Crippen LogP contribution in [0.2, 0.25) is 0 Å². The van der Waals surface area contributed by atoms with Crippen LogP contribution in [0.3, 0.4) is 0 Å². The molecule has 0 aliphatic rings. The number of nitrogens with one attached hydrogen (secondary N) is 1. The molecule has 1 aromatic rings. The topological polar surface area (TPSA) is 55.0 Å². The number of carbonyl (C=O) groups is 1. The van der Waals surface area contributed by atoms with Crippen molar-refractivity contribution in [3.05, 3.63) is 24.5 Å². The summed E-state index contributed by atoms with van der Waals surface area (Å²) in [5, 5.41) is 0.774. The number of hydrogen-bond donors (Lipinski definition) is 1. The number of hydrogen-bond acceptors (Lipinski definition) is 4. The lowest BCUT2D eigenvalue weighted by Crippen LogP contribution is -2.08. The molecular weight excluding hydrogens is 200 g/mol. The van der Waals surface area contributed by atoms with Gasteiger partial charge in [0.15, 0.2) is 5.16 Å². The molecular formula is C9H12N2O2S. The molecule has 1 aromatic heterocycles. The summed E-state index contributed by atoms with van der Waals surface area (Å²) in [6.45, 7) is 5.78. The van der Waals surface area contributed by atoms with Crippen molar-refractivity contribution in [2.45, 2.75) is 12.1 Å². The molecule has 0 bridgehead atoms. The van der Waals surface area contributed by atoms with Crippen LogP contribution in [0.4, 0.5) is 0 Å². The lowest BCUT2D eigenvalue weighted by atomic mass is 10.4. The summed E-state index contributed by atoms with van der Waals surface area (Å²) in [7, 11) is 0. The van der Waals surface area contributed by atoms with Crippen LogP contribution in [0.25, 0.3) is 0 Å². The summed E-state index contributed by atoms with van der Waals surface area (Å²) in [5.41, 5.74) is 0.452. The Morgan fingerprint density at radius 1 is 1.79 bits per heavy atom. The van der Waals surface area contributed by atoms with Gasteiger partial charge in [-0.05, 0) is 6.92 Å². The molecule has 0 unspecified atom stereocenters. The van der Waals surface area contributed by atoms with Crippen LogP contribution in [0.5, 0.6) is 0 Å². The largest absolute Gasteiger partial charge is 0.463 e. The maximum absolute atomic E-state index is 11.1. The van der Waals surface area contributed by atoms with Gasteiger partial charge in [-0.3, -0.25) is 0 Å². The zero-order valence-corrected chi connectivity index (χ0v) is 8.76. The number of rotatable bonds is 5.